The van der Waals surface area contributed by atoms with Crippen molar-refractivity contribution < 1.29 is 9.59 Å². The molecule has 0 fully saturated rings. The van der Waals surface area contributed by atoms with Gasteiger partial charge in [-0.15, -0.1) is 0 Å². The molecular weight excluding hydrogens is 140 g/mol. The van der Waals surface area contributed by atoms with E-state index in [1.54, 1.807) is 0 Å². The van der Waals surface area contributed by atoms with Crippen molar-refractivity contribution in [1.82, 2.24) is 0 Å². The molecule has 0 aliphatic heterocycles. The quantitative estimate of drug-likeness (QED) is 0.316. The van der Waals surface area contributed by atoms with Gasteiger partial charge in [-0.05, 0) is 12.8 Å². The van der Waals surface area contributed by atoms with Crippen molar-refractivity contribution in [2.45, 2.75) is 32.1 Å². The molecule has 0 N–H and O–H groups in total. The van der Waals surface area contributed by atoms with Crippen LogP contribution >= 0.6 is 0 Å². The standard InChI is InChI=1S/C7H12O2.Mg.2H/c8-6-4-2-1-3-5-7-9;;;/h6-7H,1-5H2;;;. The largest absolute Gasteiger partial charge is 0.316 e. The molecule has 0 spiro atoms. The first-order chi connectivity index (χ1) is 4.41. The zero-order chi connectivity index (χ0) is 6.95. The van der Waals surface area contributed by atoms with Crippen LogP contribution in [0.5, 0.6) is 0 Å². The van der Waals surface area contributed by atoms with Crippen molar-refractivity contribution in [3.05, 3.63) is 0 Å². The highest BCUT2D eigenvalue weighted by Gasteiger charge is 1.86. The maximum absolute atomic E-state index is 9.77. The summed E-state index contributed by atoms with van der Waals surface area (Å²) in [5.41, 5.74) is 0. The lowest BCUT2D eigenvalue weighted by Gasteiger charge is -1.89. The van der Waals surface area contributed by atoms with E-state index in [4.69, 9.17) is 0 Å². The Kier molecular flexibility index (Phi) is 15.1. The molecule has 0 bridgehead atoms. The van der Waals surface area contributed by atoms with Crippen molar-refractivity contribution in [1.29, 1.82) is 0 Å². The van der Waals surface area contributed by atoms with Gasteiger partial charge >= 0.3 is 23.1 Å². The molecule has 0 heterocycles. The molecule has 0 unspecified atom stereocenters. The summed E-state index contributed by atoms with van der Waals surface area (Å²) in [6, 6.07) is 0. The van der Waals surface area contributed by atoms with Gasteiger partial charge in [-0.2, -0.15) is 0 Å². The number of carbonyl (C=O) groups is 2. The van der Waals surface area contributed by atoms with Gasteiger partial charge in [0.25, 0.3) is 0 Å². The van der Waals surface area contributed by atoms with E-state index in [1.165, 1.54) is 0 Å². The third kappa shape index (κ3) is 11.0. The normalized spacial score (nSPS) is 8.00. The second kappa shape index (κ2) is 11.8. The highest BCUT2D eigenvalue weighted by Crippen LogP contribution is 1.98. The molecule has 0 radical (unpaired) electrons. The van der Waals surface area contributed by atoms with Gasteiger partial charge in [0.2, 0.25) is 0 Å². The van der Waals surface area contributed by atoms with Crippen molar-refractivity contribution in [3.63, 3.8) is 0 Å². The first-order valence-corrected chi connectivity index (χ1v) is 3.29. The summed E-state index contributed by atoms with van der Waals surface area (Å²) < 4.78 is 0. The molecule has 0 aliphatic carbocycles. The average molecular weight is 154 g/mol. The predicted octanol–water partition coefficient (Wildman–Crippen LogP) is 0.418. The lowest BCUT2D eigenvalue weighted by molar-refractivity contribution is -0.108. The minimum absolute atomic E-state index is 0. The van der Waals surface area contributed by atoms with E-state index >= 15 is 0 Å². The van der Waals surface area contributed by atoms with Crippen LogP contribution in [0.1, 0.15) is 32.1 Å². The van der Waals surface area contributed by atoms with E-state index in [-0.39, 0.29) is 23.1 Å². The topological polar surface area (TPSA) is 34.1 Å². The molecule has 3 heteroatoms. The number of hydrogen-bond donors (Lipinski definition) is 0. The lowest BCUT2D eigenvalue weighted by atomic mass is 10.2. The monoisotopic (exact) mass is 154 g/mol. The van der Waals surface area contributed by atoms with Crippen LogP contribution in [0.3, 0.4) is 0 Å². The van der Waals surface area contributed by atoms with Crippen LogP contribution in [0.2, 0.25) is 0 Å². The highest BCUT2D eigenvalue weighted by atomic mass is 24.3. The van der Waals surface area contributed by atoms with E-state index in [2.05, 4.69) is 0 Å². The van der Waals surface area contributed by atoms with Gasteiger partial charge in [-0.25, -0.2) is 0 Å². The molecule has 0 saturated carbocycles. The molecule has 0 rings (SSSR count). The van der Waals surface area contributed by atoms with Crippen molar-refractivity contribution in [2.75, 3.05) is 0 Å². The molecule has 0 saturated heterocycles. The molecule has 56 valence electrons. The van der Waals surface area contributed by atoms with Gasteiger partial charge in [0.1, 0.15) is 12.6 Å². The van der Waals surface area contributed by atoms with Crippen LogP contribution in [-0.2, 0) is 9.59 Å². The maximum Gasteiger partial charge on any atom is 0.316 e. The molecule has 0 aromatic rings. The number of hydrogen-bond acceptors (Lipinski definition) is 2. The first kappa shape index (κ1) is 12.8. The minimum atomic E-state index is 0. The molecule has 0 aliphatic rings. The number of aldehydes is 2. The molecular formula is C7H14MgO2. The number of rotatable bonds is 6. The van der Waals surface area contributed by atoms with Crippen molar-refractivity contribution in [3.8, 4) is 0 Å². The van der Waals surface area contributed by atoms with Gasteiger partial charge in [0, 0.05) is 12.8 Å². The van der Waals surface area contributed by atoms with E-state index < -0.39 is 0 Å². The van der Waals surface area contributed by atoms with Crippen LogP contribution in [0.25, 0.3) is 0 Å². The summed E-state index contributed by atoms with van der Waals surface area (Å²) >= 11 is 0. The third-order valence-corrected chi connectivity index (χ3v) is 1.14. The fourth-order valence-electron chi connectivity index (χ4n) is 0.632. The van der Waals surface area contributed by atoms with Gasteiger partial charge in [-0.3, -0.25) is 0 Å². The molecule has 10 heavy (non-hydrogen) atoms. The van der Waals surface area contributed by atoms with Crippen LogP contribution in [-0.4, -0.2) is 35.6 Å². The average Bonchev–Trinajstić information content (AvgIpc) is 1.89. The summed E-state index contributed by atoms with van der Waals surface area (Å²) in [5.74, 6) is 0. The van der Waals surface area contributed by atoms with E-state index in [9.17, 15) is 9.59 Å². The highest BCUT2D eigenvalue weighted by molar-refractivity contribution is 5.75. The van der Waals surface area contributed by atoms with Crippen molar-refractivity contribution in [2.24, 2.45) is 0 Å². The van der Waals surface area contributed by atoms with Crippen LogP contribution in [0.4, 0.5) is 0 Å². The Labute approximate surface area is 77.5 Å². The van der Waals surface area contributed by atoms with Crippen LogP contribution in [0, 0.1) is 0 Å². The second-order valence-corrected chi connectivity index (χ2v) is 1.97. The zero-order valence-corrected chi connectivity index (χ0v) is 5.51. The summed E-state index contributed by atoms with van der Waals surface area (Å²) in [6.45, 7) is 0. The van der Waals surface area contributed by atoms with Gasteiger partial charge < -0.3 is 9.59 Å². The SMILES string of the molecule is O=CCCCCCC=O.[MgH2]. The Morgan fingerprint density at radius 2 is 1.20 bits per heavy atom. The summed E-state index contributed by atoms with van der Waals surface area (Å²) in [5, 5.41) is 0. The summed E-state index contributed by atoms with van der Waals surface area (Å²) in [7, 11) is 0. The molecule has 2 nitrogen and oxygen atoms in total. The second-order valence-electron chi connectivity index (χ2n) is 1.97. The smallest absolute Gasteiger partial charge is 0.303 e. The van der Waals surface area contributed by atoms with Crippen molar-refractivity contribution >= 4 is 35.6 Å². The molecule has 0 aromatic carbocycles. The summed E-state index contributed by atoms with van der Waals surface area (Å²) in [4.78, 5) is 19.5. The van der Waals surface area contributed by atoms with Crippen LogP contribution < -0.4 is 0 Å². The molecule has 0 aromatic heterocycles. The fraction of sp³-hybridized carbons (Fsp3) is 0.714. The molecule has 0 amide bonds. The first-order valence-electron chi connectivity index (χ1n) is 3.29. The third-order valence-electron chi connectivity index (χ3n) is 1.14. The van der Waals surface area contributed by atoms with E-state index in [1.807, 2.05) is 0 Å². The zero-order valence-electron chi connectivity index (χ0n) is 5.51. The maximum atomic E-state index is 9.77. The Morgan fingerprint density at radius 3 is 1.50 bits per heavy atom. The van der Waals surface area contributed by atoms with E-state index in [0.717, 1.165) is 31.8 Å². The van der Waals surface area contributed by atoms with Gasteiger partial charge in [-0.1, -0.05) is 6.42 Å². The minimum Gasteiger partial charge on any atom is -0.303 e. The van der Waals surface area contributed by atoms with Crippen LogP contribution in [0.15, 0.2) is 0 Å². The van der Waals surface area contributed by atoms with E-state index in [0.29, 0.717) is 12.8 Å². The Balaban J connectivity index is 0. The fourth-order valence-corrected chi connectivity index (χ4v) is 0.632. The molecule has 0 atom stereocenters. The number of unbranched alkanes of at least 4 members (excludes halogenated alkanes) is 4. The van der Waals surface area contributed by atoms with Gasteiger partial charge in [0.05, 0.1) is 0 Å². The number of carbonyl (C=O) groups excluding carboxylic acids is 2. The Bertz CT molecular complexity index is 73.7. The van der Waals surface area contributed by atoms with Gasteiger partial charge in [0.15, 0.2) is 0 Å². The Hall–Kier alpha value is 0.106. The predicted molar refractivity (Wildman–Crippen MR) is 43.8 cm³/mol. The summed E-state index contributed by atoms with van der Waals surface area (Å²) in [6.07, 6.45) is 5.96. The Morgan fingerprint density at radius 1 is 0.800 bits per heavy atom. The lowest BCUT2D eigenvalue weighted by Crippen LogP contribution is -1.79.